The fraction of sp³-hybridized carbons (Fsp3) is 0.500. The SMILES string of the molecule is CCN(CCC(=O)Nc1ccccc1C#N)C1CCS(=O)(=O)C1. The molecule has 0 spiro atoms. The molecule has 1 aromatic carbocycles. The van der Waals surface area contributed by atoms with Crippen molar-refractivity contribution in [2.75, 3.05) is 29.9 Å². The van der Waals surface area contributed by atoms with Gasteiger partial charge in [-0.1, -0.05) is 19.1 Å². The van der Waals surface area contributed by atoms with Crippen LogP contribution in [0.5, 0.6) is 0 Å². The number of nitriles is 1. The van der Waals surface area contributed by atoms with E-state index in [9.17, 15) is 13.2 Å². The first-order valence-corrected chi connectivity index (χ1v) is 9.50. The van der Waals surface area contributed by atoms with Gasteiger partial charge >= 0.3 is 0 Å². The van der Waals surface area contributed by atoms with Crippen LogP contribution in [0.15, 0.2) is 24.3 Å². The average molecular weight is 335 g/mol. The van der Waals surface area contributed by atoms with Crippen LogP contribution in [0.3, 0.4) is 0 Å². The first-order chi connectivity index (χ1) is 10.9. The van der Waals surface area contributed by atoms with Crippen LogP contribution in [0.2, 0.25) is 0 Å². The monoisotopic (exact) mass is 335 g/mol. The van der Waals surface area contributed by atoms with Crippen LogP contribution in [0, 0.1) is 11.3 Å². The van der Waals surface area contributed by atoms with Crippen LogP contribution in [-0.2, 0) is 14.6 Å². The van der Waals surface area contributed by atoms with Gasteiger partial charge in [0.05, 0.1) is 22.8 Å². The number of carbonyl (C=O) groups is 1. The Morgan fingerprint density at radius 3 is 2.78 bits per heavy atom. The van der Waals surface area contributed by atoms with E-state index in [0.717, 1.165) is 0 Å². The summed E-state index contributed by atoms with van der Waals surface area (Å²) in [6.07, 6.45) is 0.902. The van der Waals surface area contributed by atoms with Gasteiger partial charge in [-0.15, -0.1) is 0 Å². The molecule has 1 aliphatic heterocycles. The van der Waals surface area contributed by atoms with Crippen LogP contribution in [0.4, 0.5) is 5.69 Å². The summed E-state index contributed by atoms with van der Waals surface area (Å²) in [6, 6.07) is 8.89. The lowest BCUT2D eigenvalue weighted by Gasteiger charge is -2.26. The summed E-state index contributed by atoms with van der Waals surface area (Å²) in [7, 11) is -2.92. The summed E-state index contributed by atoms with van der Waals surface area (Å²) < 4.78 is 23.1. The second-order valence-electron chi connectivity index (χ2n) is 5.64. The van der Waals surface area contributed by atoms with Crippen molar-refractivity contribution in [3.63, 3.8) is 0 Å². The lowest BCUT2D eigenvalue weighted by molar-refractivity contribution is -0.116. The third-order valence-corrected chi connectivity index (χ3v) is 5.83. The summed E-state index contributed by atoms with van der Waals surface area (Å²) in [5.41, 5.74) is 0.932. The van der Waals surface area contributed by atoms with Gasteiger partial charge in [-0.05, 0) is 25.1 Å². The van der Waals surface area contributed by atoms with Crippen molar-refractivity contribution in [2.45, 2.75) is 25.8 Å². The van der Waals surface area contributed by atoms with Gasteiger partial charge in [-0.3, -0.25) is 9.69 Å². The van der Waals surface area contributed by atoms with Crippen molar-refractivity contribution < 1.29 is 13.2 Å². The van der Waals surface area contributed by atoms with Crippen LogP contribution >= 0.6 is 0 Å². The van der Waals surface area contributed by atoms with Gasteiger partial charge in [0.15, 0.2) is 9.84 Å². The highest BCUT2D eigenvalue weighted by molar-refractivity contribution is 7.91. The predicted octanol–water partition coefficient (Wildman–Crippen LogP) is 1.40. The van der Waals surface area contributed by atoms with E-state index in [1.54, 1.807) is 24.3 Å². The molecule has 124 valence electrons. The zero-order chi connectivity index (χ0) is 16.9. The maximum absolute atomic E-state index is 12.1. The first kappa shape index (κ1) is 17.4. The third-order valence-electron chi connectivity index (χ3n) is 4.08. The number of anilines is 1. The van der Waals surface area contributed by atoms with Gasteiger partial charge in [0.25, 0.3) is 0 Å². The highest BCUT2D eigenvalue weighted by Gasteiger charge is 2.31. The Bertz CT molecular complexity index is 710. The summed E-state index contributed by atoms with van der Waals surface area (Å²) in [5.74, 6) is 0.238. The number of carbonyl (C=O) groups excluding carboxylic acids is 1. The van der Waals surface area contributed by atoms with Crippen LogP contribution in [-0.4, -0.2) is 49.9 Å². The molecule has 1 unspecified atom stereocenters. The average Bonchev–Trinajstić information content (AvgIpc) is 2.88. The number of sulfone groups is 1. The van der Waals surface area contributed by atoms with E-state index in [2.05, 4.69) is 5.32 Å². The van der Waals surface area contributed by atoms with Crippen molar-refractivity contribution in [3.8, 4) is 6.07 Å². The highest BCUT2D eigenvalue weighted by atomic mass is 32.2. The minimum absolute atomic E-state index is 0.00388. The second-order valence-corrected chi connectivity index (χ2v) is 7.87. The minimum atomic E-state index is -2.92. The lowest BCUT2D eigenvalue weighted by atomic mass is 10.2. The third kappa shape index (κ3) is 4.78. The largest absolute Gasteiger partial charge is 0.325 e. The predicted molar refractivity (Wildman–Crippen MR) is 88.7 cm³/mol. The number of rotatable bonds is 6. The normalized spacial score (nSPS) is 19.4. The Kier molecular flexibility index (Phi) is 5.74. The van der Waals surface area contributed by atoms with Crippen molar-refractivity contribution in [2.24, 2.45) is 0 Å². The fourth-order valence-corrected chi connectivity index (χ4v) is 4.57. The molecule has 23 heavy (non-hydrogen) atoms. The molecule has 7 heteroatoms. The molecular weight excluding hydrogens is 314 g/mol. The van der Waals surface area contributed by atoms with E-state index in [0.29, 0.717) is 30.8 Å². The van der Waals surface area contributed by atoms with Gasteiger partial charge in [0.2, 0.25) is 5.91 Å². The molecule has 1 aromatic rings. The molecule has 0 aromatic heterocycles. The Morgan fingerprint density at radius 2 is 2.17 bits per heavy atom. The summed E-state index contributed by atoms with van der Waals surface area (Å²) >= 11 is 0. The number of nitrogens with zero attached hydrogens (tertiary/aromatic N) is 2. The summed E-state index contributed by atoms with van der Waals surface area (Å²) in [4.78, 5) is 14.1. The molecule has 0 radical (unpaired) electrons. The molecule has 1 N–H and O–H groups in total. The van der Waals surface area contributed by atoms with Crippen LogP contribution < -0.4 is 5.32 Å². The van der Waals surface area contributed by atoms with Gasteiger partial charge < -0.3 is 5.32 Å². The number of amides is 1. The molecular formula is C16H21N3O3S. The van der Waals surface area contributed by atoms with Crippen molar-refractivity contribution >= 4 is 21.4 Å². The second kappa shape index (κ2) is 7.57. The smallest absolute Gasteiger partial charge is 0.225 e. The van der Waals surface area contributed by atoms with Gasteiger partial charge in [-0.2, -0.15) is 5.26 Å². The van der Waals surface area contributed by atoms with E-state index in [-0.39, 0.29) is 29.9 Å². The van der Waals surface area contributed by atoms with E-state index in [1.165, 1.54) is 0 Å². The van der Waals surface area contributed by atoms with Gasteiger partial charge in [-0.25, -0.2) is 8.42 Å². The molecule has 1 saturated heterocycles. The standard InChI is InChI=1S/C16H21N3O3S/c1-2-19(14-8-10-23(21,22)12-14)9-7-16(20)18-15-6-4-3-5-13(15)11-17/h3-6,14H,2,7-10,12H2,1H3,(H,18,20). The first-order valence-electron chi connectivity index (χ1n) is 7.68. The summed E-state index contributed by atoms with van der Waals surface area (Å²) in [5, 5.41) is 11.8. The maximum Gasteiger partial charge on any atom is 0.225 e. The van der Waals surface area contributed by atoms with Gasteiger partial charge in [0, 0.05) is 19.0 Å². The maximum atomic E-state index is 12.1. The Labute approximate surface area is 137 Å². The molecule has 1 heterocycles. The number of hydrogen-bond acceptors (Lipinski definition) is 5. The molecule has 1 aliphatic rings. The summed E-state index contributed by atoms with van der Waals surface area (Å²) in [6.45, 7) is 3.19. The molecule has 1 amide bonds. The fourth-order valence-electron chi connectivity index (χ4n) is 2.81. The van der Waals surface area contributed by atoms with E-state index in [1.807, 2.05) is 17.9 Å². The molecule has 1 atom stereocenters. The van der Waals surface area contributed by atoms with Crippen molar-refractivity contribution in [1.82, 2.24) is 4.90 Å². The molecule has 0 saturated carbocycles. The van der Waals surface area contributed by atoms with Crippen LogP contribution in [0.25, 0.3) is 0 Å². The Hall–Kier alpha value is -1.91. The quantitative estimate of drug-likeness (QED) is 0.848. The van der Waals surface area contributed by atoms with Crippen molar-refractivity contribution in [3.05, 3.63) is 29.8 Å². The molecule has 0 bridgehead atoms. The zero-order valence-electron chi connectivity index (χ0n) is 13.2. The van der Waals surface area contributed by atoms with Crippen LogP contribution in [0.1, 0.15) is 25.3 Å². The molecule has 1 fully saturated rings. The Morgan fingerprint density at radius 1 is 1.43 bits per heavy atom. The van der Waals surface area contributed by atoms with E-state index in [4.69, 9.17) is 5.26 Å². The number of para-hydroxylation sites is 1. The highest BCUT2D eigenvalue weighted by Crippen LogP contribution is 2.18. The topological polar surface area (TPSA) is 90.3 Å². The number of benzene rings is 1. The molecule has 6 nitrogen and oxygen atoms in total. The van der Waals surface area contributed by atoms with E-state index < -0.39 is 9.84 Å². The molecule has 0 aliphatic carbocycles. The lowest BCUT2D eigenvalue weighted by Crippen LogP contribution is -2.38. The number of hydrogen-bond donors (Lipinski definition) is 1. The van der Waals surface area contributed by atoms with Gasteiger partial charge in [0.1, 0.15) is 6.07 Å². The van der Waals surface area contributed by atoms with Crippen molar-refractivity contribution in [1.29, 1.82) is 5.26 Å². The van der Waals surface area contributed by atoms with E-state index >= 15 is 0 Å². The zero-order valence-corrected chi connectivity index (χ0v) is 14.0. The molecule has 2 rings (SSSR count). The Balaban J connectivity index is 1.89. The minimum Gasteiger partial charge on any atom is -0.325 e. The number of nitrogens with one attached hydrogen (secondary N) is 1.